The van der Waals surface area contributed by atoms with Gasteiger partial charge in [-0.25, -0.2) is 0 Å². The van der Waals surface area contributed by atoms with Crippen LogP contribution in [-0.4, -0.2) is 17.6 Å². The van der Waals surface area contributed by atoms with E-state index in [4.69, 9.17) is 10.5 Å². The van der Waals surface area contributed by atoms with Gasteiger partial charge in [-0.05, 0) is 19.9 Å². The third kappa shape index (κ3) is 1.55. The van der Waals surface area contributed by atoms with Crippen LogP contribution < -0.4 is 11.1 Å². The molecule has 2 unspecified atom stereocenters. The molecule has 0 spiro atoms. The molecule has 0 aromatic heterocycles. The fourth-order valence-corrected chi connectivity index (χ4v) is 1.72. The number of amides is 1. The van der Waals surface area contributed by atoms with Crippen molar-refractivity contribution in [1.29, 1.82) is 0 Å². The Morgan fingerprint density at radius 1 is 1.53 bits per heavy atom. The molecular weight excluding hydrogens is 192 g/mol. The summed E-state index contributed by atoms with van der Waals surface area (Å²) >= 11 is 0. The van der Waals surface area contributed by atoms with E-state index in [1.807, 2.05) is 19.1 Å². The highest BCUT2D eigenvalue weighted by molar-refractivity contribution is 5.87. The molecule has 0 aromatic rings. The monoisotopic (exact) mass is 208 g/mol. The maximum atomic E-state index is 11.6. The van der Waals surface area contributed by atoms with Crippen LogP contribution in [0.25, 0.3) is 0 Å². The van der Waals surface area contributed by atoms with Gasteiger partial charge in [-0.3, -0.25) is 4.79 Å². The quantitative estimate of drug-likeness (QED) is 0.614. The van der Waals surface area contributed by atoms with Crippen molar-refractivity contribution in [3.63, 3.8) is 0 Å². The molecule has 2 rings (SSSR count). The van der Waals surface area contributed by atoms with Gasteiger partial charge < -0.3 is 15.8 Å². The Hall–Kier alpha value is -1.29. The number of hydrogen-bond donors (Lipinski definition) is 2. The van der Waals surface area contributed by atoms with Crippen molar-refractivity contribution in [3.05, 3.63) is 23.6 Å². The molecule has 15 heavy (non-hydrogen) atoms. The topological polar surface area (TPSA) is 64.3 Å². The Bertz CT molecular complexity index is 369. The molecule has 1 heterocycles. The van der Waals surface area contributed by atoms with E-state index < -0.39 is 5.60 Å². The fourth-order valence-electron chi connectivity index (χ4n) is 1.72. The zero-order valence-corrected chi connectivity index (χ0v) is 9.20. The van der Waals surface area contributed by atoms with Crippen LogP contribution in [-0.2, 0) is 9.53 Å². The summed E-state index contributed by atoms with van der Waals surface area (Å²) in [5.41, 5.74) is 5.83. The zero-order valence-electron chi connectivity index (χ0n) is 9.20. The van der Waals surface area contributed by atoms with Crippen LogP contribution in [0.3, 0.4) is 0 Å². The lowest BCUT2D eigenvalue weighted by molar-refractivity contribution is -0.141. The maximum absolute atomic E-state index is 11.6. The predicted octanol–water partition coefficient (Wildman–Crippen LogP) is 0.656. The highest BCUT2D eigenvalue weighted by Crippen LogP contribution is 2.32. The van der Waals surface area contributed by atoms with Gasteiger partial charge in [-0.15, -0.1) is 0 Å². The normalized spacial score (nSPS) is 33.2. The van der Waals surface area contributed by atoms with Crippen LogP contribution in [0.5, 0.6) is 0 Å². The lowest BCUT2D eigenvalue weighted by Gasteiger charge is -2.37. The summed E-state index contributed by atoms with van der Waals surface area (Å²) in [7, 11) is 0. The van der Waals surface area contributed by atoms with E-state index in [0.29, 0.717) is 0 Å². The van der Waals surface area contributed by atoms with Crippen molar-refractivity contribution < 1.29 is 9.53 Å². The zero-order chi connectivity index (χ0) is 11.2. The van der Waals surface area contributed by atoms with Crippen LogP contribution in [0.4, 0.5) is 0 Å². The lowest BCUT2D eigenvalue weighted by atomic mass is 9.91. The minimum atomic E-state index is -0.808. The summed E-state index contributed by atoms with van der Waals surface area (Å²) in [6.45, 7) is 5.50. The molecule has 1 aliphatic carbocycles. The molecule has 4 heteroatoms. The second-order valence-corrected chi connectivity index (χ2v) is 4.57. The highest BCUT2D eigenvalue weighted by Gasteiger charge is 2.39. The summed E-state index contributed by atoms with van der Waals surface area (Å²) in [6.07, 6.45) is 3.69. The molecule has 0 saturated heterocycles. The molecule has 0 saturated carbocycles. The van der Waals surface area contributed by atoms with E-state index in [2.05, 4.69) is 5.32 Å². The van der Waals surface area contributed by atoms with Gasteiger partial charge in [0.1, 0.15) is 5.76 Å². The average molecular weight is 208 g/mol. The van der Waals surface area contributed by atoms with E-state index in [9.17, 15) is 4.79 Å². The van der Waals surface area contributed by atoms with Gasteiger partial charge in [0.05, 0.1) is 5.70 Å². The van der Waals surface area contributed by atoms with Crippen molar-refractivity contribution in [3.8, 4) is 0 Å². The van der Waals surface area contributed by atoms with Crippen LogP contribution in [0, 0.1) is 5.92 Å². The summed E-state index contributed by atoms with van der Waals surface area (Å²) < 4.78 is 5.71. The fraction of sp³-hybridized carbons (Fsp3) is 0.545. The molecule has 1 amide bonds. The van der Waals surface area contributed by atoms with Crippen LogP contribution in [0.15, 0.2) is 23.6 Å². The molecule has 4 nitrogen and oxygen atoms in total. The molecule has 2 aliphatic rings. The first-order valence-corrected chi connectivity index (χ1v) is 5.10. The van der Waals surface area contributed by atoms with Gasteiger partial charge in [-0.1, -0.05) is 13.0 Å². The largest absolute Gasteiger partial charge is 0.480 e. The van der Waals surface area contributed by atoms with E-state index in [0.717, 1.165) is 11.5 Å². The van der Waals surface area contributed by atoms with E-state index >= 15 is 0 Å². The van der Waals surface area contributed by atoms with Gasteiger partial charge in [0.25, 0.3) is 5.91 Å². The number of hydrogen-bond acceptors (Lipinski definition) is 3. The van der Waals surface area contributed by atoms with Crippen molar-refractivity contribution in [1.82, 2.24) is 5.32 Å². The van der Waals surface area contributed by atoms with Crippen LogP contribution in [0.1, 0.15) is 20.8 Å². The Morgan fingerprint density at radius 3 is 2.87 bits per heavy atom. The van der Waals surface area contributed by atoms with Gasteiger partial charge in [0, 0.05) is 12.0 Å². The minimum absolute atomic E-state index is 0.0467. The van der Waals surface area contributed by atoms with Crippen LogP contribution >= 0.6 is 0 Å². The summed E-state index contributed by atoms with van der Waals surface area (Å²) in [6, 6.07) is -0.0467. The number of allylic oxidation sites excluding steroid dienone is 1. The third-order valence-corrected chi connectivity index (χ3v) is 2.90. The number of ether oxygens (including phenoxy) is 1. The van der Waals surface area contributed by atoms with Gasteiger partial charge >= 0.3 is 0 Å². The number of nitrogens with two attached hydrogens (primary N) is 1. The van der Waals surface area contributed by atoms with Crippen molar-refractivity contribution in [2.24, 2.45) is 11.7 Å². The third-order valence-electron chi connectivity index (χ3n) is 2.90. The van der Waals surface area contributed by atoms with Crippen molar-refractivity contribution >= 4 is 5.91 Å². The first kappa shape index (κ1) is 10.2. The second-order valence-electron chi connectivity index (χ2n) is 4.57. The molecule has 0 bridgehead atoms. The molecule has 3 N–H and O–H groups in total. The Balaban J connectivity index is 2.37. The number of carbonyl (C=O) groups is 1. The van der Waals surface area contributed by atoms with E-state index in [1.54, 1.807) is 13.8 Å². The average Bonchev–Trinajstić information content (AvgIpc) is 2.15. The predicted molar refractivity (Wildman–Crippen MR) is 56.6 cm³/mol. The summed E-state index contributed by atoms with van der Waals surface area (Å²) in [5.74, 6) is 0.771. The first-order valence-electron chi connectivity index (χ1n) is 5.10. The van der Waals surface area contributed by atoms with Crippen LogP contribution in [0.2, 0.25) is 0 Å². The Kier molecular flexibility index (Phi) is 2.12. The standard InChI is InChI=1S/C11H16N2O2/c1-6-7(12)4-5-8-9(6)15-11(2,3)10(14)13-8/h4-7H,12H2,1-3H3,(H,13,14). The number of rotatable bonds is 0. The lowest BCUT2D eigenvalue weighted by Crippen LogP contribution is -2.50. The van der Waals surface area contributed by atoms with Gasteiger partial charge in [0.15, 0.2) is 5.60 Å². The molecular formula is C11H16N2O2. The Labute approximate surface area is 89.2 Å². The molecule has 2 atom stereocenters. The Morgan fingerprint density at radius 2 is 2.20 bits per heavy atom. The molecule has 82 valence electrons. The molecule has 0 aromatic carbocycles. The van der Waals surface area contributed by atoms with E-state index in [1.165, 1.54) is 0 Å². The SMILES string of the molecule is CC1C2=C(C=CC1N)NC(=O)C(C)(C)O2. The van der Waals surface area contributed by atoms with Gasteiger partial charge in [-0.2, -0.15) is 0 Å². The minimum Gasteiger partial charge on any atom is -0.480 e. The summed E-state index contributed by atoms with van der Waals surface area (Å²) in [4.78, 5) is 11.6. The summed E-state index contributed by atoms with van der Waals surface area (Å²) in [5, 5.41) is 2.83. The number of carbonyl (C=O) groups excluding carboxylic acids is 1. The van der Waals surface area contributed by atoms with E-state index in [-0.39, 0.29) is 17.9 Å². The van der Waals surface area contributed by atoms with Crippen molar-refractivity contribution in [2.75, 3.05) is 0 Å². The van der Waals surface area contributed by atoms with Crippen molar-refractivity contribution in [2.45, 2.75) is 32.4 Å². The molecule has 1 aliphatic heterocycles. The highest BCUT2D eigenvalue weighted by atomic mass is 16.5. The maximum Gasteiger partial charge on any atom is 0.268 e. The van der Waals surface area contributed by atoms with Gasteiger partial charge in [0.2, 0.25) is 0 Å². The number of nitrogens with one attached hydrogen (secondary N) is 1. The smallest absolute Gasteiger partial charge is 0.268 e. The molecule has 0 radical (unpaired) electrons. The first-order chi connectivity index (χ1) is 6.92. The molecule has 0 fully saturated rings. The second kappa shape index (κ2) is 3.10.